The Morgan fingerprint density at radius 1 is 1.47 bits per heavy atom. The van der Waals surface area contributed by atoms with Crippen molar-refractivity contribution in [3.63, 3.8) is 0 Å². The Morgan fingerprint density at radius 3 is 2.65 bits per heavy atom. The maximum absolute atomic E-state index is 13.3. The summed E-state index contributed by atoms with van der Waals surface area (Å²) in [5, 5.41) is 3.24. The van der Waals surface area contributed by atoms with Crippen LogP contribution in [0.1, 0.15) is 37.6 Å². The van der Waals surface area contributed by atoms with Crippen LogP contribution in [-0.2, 0) is 0 Å². The Bertz CT molecular complexity index is 406. The fourth-order valence-electron chi connectivity index (χ4n) is 1.56. The second kappa shape index (κ2) is 5.66. The van der Waals surface area contributed by atoms with Crippen LogP contribution in [0.3, 0.4) is 0 Å². The highest BCUT2D eigenvalue weighted by atomic mass is 19.1. The van der Waals surface area contributed by atoms with Gasteiger partial charge in [-0.15, -0.1) is 0 Å². The van der Waals surface area contributed by atoms with Crippen LogP contribution in [0.15, 0.2) is 18.2 Å². The molecule has 1 amide bonds. The van der Waals surface area contributed by atoms with Gasteiger partial charge in [-0.05, 0) is 31.0 Å². The first kappa shape index (κ1) is 13.5. The average Bonchev–Trinajstić information content (AvgIpc) is 2.30. The quantitative estimate of drug-likeness (QED) is 0.828. The van der Waals surface area contributed by atoms with Gasteiger partial charge < -0.3 is 11.1 Å². The molecule has 2 atom stereocenters. The predicted octanol–water partition coefficient (Wildman–Crippen LogP) is 2.77. The van der Waals surface area contributed by atoms with E-state index in [1.807, 2.05) is 0 Å². The third kappa shape index (κ3) is 3.44. The minimum absolute atomic E-state index is 0.0775. The van der Waals surface area contributed by atoms with Crippen LogP contribution >= 0.6 is 0 Å². The van der Waals surface area contributed by atoms with E-state index in [0.717, 1.165) is 6.42 Å². The van der Waals surface area contributed by atoms with E-state index in [1.165, 1.54) is 12.1 Å². The van der Waals surface area contributed by atoms with Crippen LogP contribution in [-0.4, -0.2) is 11.9 Å². The fraction of sp³-hybridized carbons (Fsp3) is 0.462. The van der Waals surface area contributed by atoms with E-state index in [0.29, 0.717) is 11.6 Å². The first-order valence-electron chi connectivity index (χ1n) is 5.81. The molecule has 3 nitrogen and oxygen atoms in total. The van der Waals surface area contributed by atoms with Crippen LogP contribution in [0.2, 0.25) is 0 Å². The van der Waals surface area contributed by atoms with Crippen molar-refractivity contribution in [2.75, 3.05) is 5.32 Å². The lowest BCUT2D eigenvalue weighted by Gasteiger charge is -2.21. The normalized spacial score (nSPS) is 14.1. The molecule has 0 aromatic heterocycles. The minimum atomic E-state index is -0.748. The third-order valence-electron chi connectivity index (χ3n) is 3.12. The van der Waals surface area contributed by atoms with Gasteiger partial charge in [0.05, 0.1) is 5.56 Å². The number of halogens is 1. The van der Waals surface area contributed by atoms with Crippen molar-refractivity contribution in [1.29, 1.82) is 0 Å². The molecular weight excluding hydrogens is 219 g/mol. The largest absolute Gasteiger partial charge is 0.382 e. The number of carbonyl (C=O) groups is 1. The van der Waals surface area contributed by atoms with Gasteiger partial charge in [-0.3, -0.25) is 4.79 Å². The van der Waals surface area contributed by atoms with E-state index in [2.05, 4.69) is 26.1 Å². The van der Waals surface area contributed by atoms with E-state index in [4.69, 9.17) is 5.73 Å². The number of benzene rings is 1. The maximum Gasteiger partial charge on any atom is 0.251 e. The molecule has 0 aliphatic carbocycles. The van der Waals surface area contributed by atoms with Crippen LogP contribution < -0.4 is 11.1 Å². The molecule has 0 spiro atoms. The van der Waals surface area contributed by atoms with Crippen LogP contribution in [0.25, 0.3) is 0 Å². The zero-order valence-corrected chi connectivity index (χ0v) is 10.5. The lowest BCUT2D eigenvalue weighted by atomic mass is 10.0. The van der Waals surface area contributed by atoms with Gasteiger partial charge in [-0.2, -0.15) is 0 Å². The SMILES string of the molecule is CCC(C)C(C)Nc1ccc(F)c(C(N)=O)c1. The summed E-state index contributed by atoms with van der Waals surface area (Å²) >= 11 is 0. The molecule has 3 N–H and O–H groups in total. The van der Waals surface area contributed by atoms with Gasteiger partial charge in [0.25, 0.3) is 5.91 Å². The summed E-state index contributed by atoms with van der Waals surface area (Å²) < 4.78 is 13.3. The van der Waals surface area contributed by atoms with Gasteiger partial charge in [0, 0.05) is 11.7 Å². The lowest BCUT2D eigenvalue weighted by molar-refractivity contribution is 0.0996. The highest BCUT2D eigenvalue weighted by Crippen LogP contribution is 2.18. The molecule has 4 heteroatoms. The molecule has 1 aromatic carbocycles. The third-order valence-corrected chi connectivity index (χ3v) is 3.12. The van der Waals surface area contributed by atoms with E-state index in [-0.39, 0.29) is 11.6 Å². The Morgan fingerprint density at radius 2 is 2.12 bits per heavy atom. The zero-order chi connectivity index (χ0) is 13.0. The molecule has 0 fully saturated rings. The van der Waals surface area contributed by atoms with E-state index in [1.54, 1.807) is 6.07 Å². The van der Waals surface area contributed by atoms with Crippen molar-refractivity contribution in [3.05, 3.63) is 29.6 Å². The standard InChI is InChI=1S/C13H19FN2O/c1-4-8(2)9(3)16-10-5-6-12(14)11(7-10)13(15)17/h5-9,16H,4H2,1-3H3,(H2,15,17). The van der Waals surface area contributed by atoms with Gasteiger partial charge in [-0.1, -0.05) is 20.3 Å². The highest BCUT2D eigenvalue weighted by Gasteiger charge is 2.12. The van der Waals surface area contributed by atoms with Gasteiger partial charge in [-0.25, -0.2) is 4.39 Å². The Kier molecular flexibility index (Phi) is 4.49. The fourth-order valence-corrected chi connectivity index (χ4v) is 1.56. The van der Waals surface area contributed by atoms with E-state index >= 15 is 0 Å². The van der Waals surface area contributed by atoms with Crippen molar-refractivity contribution in [2.45, 2.75) is 33.2 Å². The minimum Gasteiger partial charge on any atom is -0.382 e. The number of hydrogen-bond donors (Lipinski definition) is 2. The molecule has 1 aromatic rings. The Balaban J connectivity index is 2.86. The van der Waals surface area contributed by atoms with E-state index < -0.39 is 11.7 Å². The molecule has 0 heterocycles. The van der Waals surface area contributed by atoms with Gasteiger partial charge in [0.15, 0.2) is 0 Å². The molecule has 1 rings (SSSR count). The average molecular weight is 238 g/mol. The van der Waals surface area contributed by atoms with Crippen molar-refractivity contribution in [2.24, 2.45) is 11.7 Å². The summed E-state index contributed by atoms with van der Waals surface area (Å²) in [5.41, 5.74) is 5.73. The number of nitrogens with one attached hydrogen (secondary N) is 1. The second-order valence-electron chi connectivity index (χ2n) is 4.38. The van der Waals surface area contributed by atoms with Crippen molar-refractivity contribution in [3.8, 4) is 0 Å². The van der Waals surface area contributed by atoms with Gasteiger partial charge in [0.1, 0.15) is 5.82 Å². The number of nitrogens with two attached hydrogens (primary N) is 1. The molecule has 0 bridgehead atoms. The number of carbonyl (C=O) groups excluding carboxylic acids is 1. The topological polar surface area (TPSA) is 55.1 Å². The number of hydrogen-bond acceptors (Lipinski definition) is 2. The van der Waals surface area contributed by atoms with Crippen molar-refractivity contribution in [1.82, 2.24) is 0 Å². The maximum atomic E-state index is 13.3. The molecule has 0 radical (unpaired) electrons. The second-order valence-corrected chi connectivity index (χ2v) is 4.38. The van der Waals surface area contributed by atoms with Crippen LogP contribution in [0.4, 0.5) is 10.1 Å². The molecule has 0 saturated carbocycles. The summed E-state index contributed by atoms with van der Waals surface area (Å²) in [5.74, 6) is -0.835. The molecular formula is C13H19FN2O. The summed E-state index contributed by atoms with van der Waals surface area (Å²) in [6, 6.07) is 4.58. The van der Waals surface area contributed by atoms with Crippen LogP contribution in [0, 0.1) is 11.7 Å². The summed E-state index contributed by atoms with van der Waals surface area (Å²) in [6.07, 6.45) is 1.05. The van der Waals surface area contributed by atoms with Crippen LogP contribution in [0.5, 0.6) is 0 Å². The highest BCUT2D eigenvalue weighted by molar-refractivity contribution is 5.94. The number of anilines is 1. The predicted molar refractivity (Wildman–Crippen MR) is 67.5 cm³/mol. The Labute approximate surface area is 101 Å². The van der Waals surface area contributed by atoms with Crippen molar-refractivity contribution < 1.29 is 9.18 Å². The number of primary amides is 1. The molecule has 0 saturated heterocycles. The lowest BCUT2D eigenvalue weighted by Crippen LogP contribution is -2.23. The number of amides is 1. The zero-order valence-electron chi connectivity index (χ0n) is 10.5. The first-order valence-corrected chi connectivity index (χ1v) is 5.81. The summed E-state index contributed by atoms with van der Waals surface area (Å²) in [7, 11) is 0. The molecule has 2 unspecified atom stereocenters. The molecule has 17 heavy (non-hydrogen) atoms. The van der Waals surface area contributed by atoms with E-state index in [9.17, 15) is 9.18 Å². The molecule has 0 aliphatic rings. The van der Waals surface area contributed by atoms with Gasteiger partial charge in [0.2, 0.25) is 0 Å². The summed E-state index contributed by atoms with van der Waals surface area (Å²) in [6.45, 7) is 6.31. The smallest absolute Gasteiger partial charge is 0.251 e. The Hall–Kier alpha value is -1.58. The van der Waals surface area contributed by atoms with Gasteiger partial charge >= 0.3 is 0 Å². The molecule has 0 aliphatic heterocycles. The van der Waals surface area contributed by atoms with Crippen molar-refractivity contribution >= 4 is 11.6 Å². The molecule has 94 valence electrons. The monoisotopic (exact) mass is 238 g/mol. The first-order chi connectivity index (χ1) is 7.95. The number of rotatable bonds is 5. The summed E-state index contributed by atoms with van der Waals surface area (Å²) in [4.78, 5) is 11.0.